The second-order valence-electron chi connectivity index (χ2n) is 6.62. The van der Waals surface area contributed by atoms with Crippen LogP contribution in [-0.4, -0.2) is 35.0 Å². The van der Waals surface area contributed by atoms with Gasteiger partial charge in [0.25, 0.3) is 0 Å². The molecular formula is C19H15F6NO4S. The highest BCUT2D eigenvalue weighted by atomic mass is 32.1. The van der Waals surface area contributed by atoms with E-state index in [4.69, 9.17) is 4.74 Å². The largest absolute Gasteiger partial charge is 0.499 e. The smallest absolute Gasteiger partial charge is 0.494 e. The first-order valence-electron chi connectivity index (χ1n) is 8.62. The van der Waals surface area contributed by atoms with Crippen LogP contribution in [0.3, 0.4) is 0 Å². The summed E-state index contributed by atoms with van der Waals surface area (Å²) in [5, 5.41) is 10.3. The van der Waals surface area contributed by atoms with Gasteiger partial charge in [-0.1, -0.05) is 0 Å². The van der Waals surface area contributed by atoms with Crippen LogP contribution in [0.5, 0.6) is 10.8 Å². The van der Waals surface area contributed by atoms with Crippen LogP contribution >= 0.6 is 11.3 Å². The lowest BCUT2D eigenvalue weighted by Crippen LogP contribution is -2.41. The first kappa shape index (κ1) is 22.8. The first-order chi connectivity index (χ1) is 14.3. The SMILES string of the molecule is COc1cc2c(CC(=O)O)c(C)n(Cc3csc(OC(F)(F)C(F)(F)F)c3)c2cc1F. The number of methoxy groups -OCH3 is 1. The number of carbonyl (C=O) groups is 1. The molecule has 0 aliphatic carbocycles. The minimum atomic E-state index is -5.87. The molecule has 0 aliphatic heterocycles. The van der Waals surface area contributed by atoms with Gasteiger partial charge < -0.3 is 19.1 Å². The van der Waals surface area contributed by atoms with E-state index in [1.165, 1.54) is 18.6 Å². The van der Waals surface area contributed by atoms with Crippen molar-refractivity contribution in [1.29, 1.82) is 0 Å². The number of hydrogen-bond donors (Lipinski definition) is 1. The van der Waals surface area contributed by atoms with Gasteiger partial charge in [-0.2, -0.15) is 22.0 Å². The van der Waals surface area contributed by atoms with E-state index >= 15 is 0 Å². The molecule has 3 aromatic rings. The maximum Gasteiger partial charge on any atom is 0.499 e. The van der Waals surface area contributed by atoms with E-state index in [0.29, 0.717) is 39.1 Å². The van der Waals surface area contributed by atoms with Gasteiger partial charge in [-0.05, 0) is 35.6 Å². The number of ether oxygens (including phenoxy) is 2. The van der Waals surface area contributed by atoms with Crippen LogP contribution in [0.2, 0.25) is 0 Å². The van der Waals surface area contributed by atoms with Crippen LogP contribution in [0, 0.1) is 12.7 Å². The third-order valence-corrected chi connectivity index (χ3v) is 5.44. The summed E-state index contributed by atoms with van der Waals surface area (Å²) in [6, 6.07) is 3.53. The zero-order valence-electron chi connectivity index (χ0n) is 16.0. The Bertz CT molecular complexity index is 1130. The molecule has 0 aliphatic rings. The highest BCUT2D eigenvalue weighted by Gasteiger charge is 2.61. The van der Waals surface area contributed by atoms with E-state index < -0.39 is 29.1 Å². The molecule has 3 rings (SSSR count). The number of fused-ring (bicyclic) bond motifs is 1. The molecule has 0 atom stereocenters. The van der Waals surface area contributed by atoms with Crippen molar-refractivity contribution in [2.75, 3.05) is 7.11 Å². The predicted octanol–water partition coefficient (Wildman–Crippen LogP) is 5.37. The van der Waals surface area contributed by atoms with E-state index in [0.717, 1.165) is 12.1 Å². The number of thiophene rings is 1. The fraction of sp³-hybridized carbons (Fsp3) is 0.316. The number of benzene rings is 1. The second-order valence-corrected chi connectivity index (χ2v) is 7.49. The van der Waals surface area contributed by atoms with Crippen molar-refractivity contribution in [2.45, 2.75) is 32.2 Å². The molecule has 168 valence electrons. The lowest BCUT2D eigenvalue weighted by Gasteiger charge is -2.18. The molecule has 0 saturated carbocycles. The van der Waals surface area contributed by atoms with Gasteiger partial charge in [0, 0.05) is 23.7 Å². The van der Waals surface area contributed by atoms with Crippen LogP contribution in [0.1, 0.15) is 16.8 Å². The molecular weight excluding hydrogens is 452 g/mol. The Morgan fingerprint density at radius 3 is 2.45 bits per heavy atom. The normalized spacial score (nSPS) is 12.4. The van der Waals surface area contributed by atoms with Gasteiger partial charge in [-0.3, -0.25) is 4.79 Å². The molecule has 0 bridgehead atoms. The number of rotatable bonds is 7. The minimum absolute atomic E-state index is 0.0365. The summed E-state index contributed by atoms with van der Waals surface area (Å²) in [5.74, 6) is -1.90. The number of halogens is 6. The van der Waals surface area contributed by atoms with Crippen molar-refractivity contribution in [3.05, 3.63) is 46.2 Å². The van der Waals surface area contributed by atoms with E-state index in [-0.39, 0.29) is 18.7 Å². The fourth-order valence-corrected chi connectivity index (χ4v) is 3.92. The summed E-state index contributed by atoms with van der Waals surface area (Å²) in [4.78, 5) is 11.3. The Morgan fingerprint density at radius 1 is 1.19 bits per heavy atom. The number of hydrogen-bond acceptors (Lipinski definition) is 4. The zero-order chi connectivity index (χ0) is 23.1. The van der Waals surface area contributed by atoms with Crippen molar-refractivity contribution < 1.29 is 45.7 Å². The number of aromatic nitrogens is 1. The van der Waals surface area contributed by atoms with Gasteiger partial charge in [-0.15, -0.1) is 11.3 Å². The quantitative estimate of drug-likeness (QED) is 0.475. The number of alkyl halides is 5. The van der Waals surface area contributed by atoms with Gasteiger partial charge in [0.2, 0.25) is 0 Å². The Morgan fingerprint density at radius 2 is 1.87 bits per heavy atom. The van der Waals surface area contributed by atoms with Crippen molar-refractivity contribution in [3.63, 3.8) is 0 Å². The molecule has 0 saturated heterocycles. The van der Waals surface area contributed by atoms with Gasteiger partial charge in [-0.25, -0.2) is 4.39 Å². The third kappa shape index (κ3) is 4.43. The van der Waals surface area contributed by atoms with Crippen molar-refractivity contribution >= 4 is 28.2 Å². The average Bonchev–Trinajstić information content (AvgIpc) is 3.17. The van der Waals surface area contributed by atoms with Gasteiger partial charge in [0.15, 0.2) is 16.6 Å². The molecule has 0 unspecified atom stereocenters. The maximum absolute atomic E-state index is 14.3. The summed E-state index contributed by atoms with van der Waals surface area (Å²) in [6.07, 6.45) is -11.6. The molecule has 31 heavy (non-hydrogen) atoms. The van der Waals surface area contributed by atoms with Crippen molar-refractivity contribution in [1.82, 2.24) is 4.57 Å². The first-order valence-corrected chi connectivity index (χ1v) is 9.50. The maximum atomic E-state index is 14.3. The van der Waals surface area contributed by atoms with Crippen molar-refractivity contribution in [3.8, 4) is 10.8 Å². The highest BCUT2D eigenvalue weighted by molar-refractivity contribution is 7.12. The average molecular weight is 467 g/mol. The Kier molecular flexibility index (Phi) is 5.87. The van der Waals surface area contributed by atoms with E-state index in [9.17, 15) is 36.2 Å². The Hall–Kier alpha value is -2.89. The van der Waals surface area contributed by atoms with Gasteiger partial charge >= 0.3 is 18.3 Å². The molecule has 12 heteroatoms. The van der Waals surface area contributed by atoms with Crippen LogP contribution in [-0.2, 0) is 17.8 Å². The van der Waals surface area contributed by atoms with Gasteiger partial charge in [0.1, 0.15) is 0 Å². The molecule has 2 heterocycles. The summed E-state index contributed by atoms with van der Waals surface area (Å²) in [5.41, 5.74) is 1.51. The zero-order valence-corrected chi connectivity index (χ0v) is 16.8. The molecule has 0 amide bonds. The predicted molar refractivity (Wildman–Crippen MR) is 99.6 cm³/mol. The van der Waals surface area contributed by atoms with Gasteiger partial charge in [0.05, 0.1) is 19.0 Å². The lowest BCUT2D eigenvalue weighted by atomic mass is 10.1. The second kappa shape index (κ2) is 7.98. The molecule has 0 fully saturated rings. The Balaban J connectivity index is 2.00. The molecule has 1 aromatic carbocycles. The number of nitrogens with zero attached hydrogens (tertiary/aromatic N) is 1. The summed E-state index contributed by atoms with van der Waals surface area (Å²) >= 11 is 0.546. The molecule has 0 radical (unpaired) electrons. The lowest BCUT2D eigenvalue weighted by molar-refractivity contribution is -0.359. The van der Waals surface area contributed by atoms with Crippen LogP contribution in [0.25, 0.3) is 10.9 Å². The van der Waals surface area contributed by atoms with E-state index in [1.807, 2.05) is 0 Å². The summed E-state index contributed by atoms with van der Waals surface area (Å²) in [7, 11) is 1.26. The minimum Gasteiger partial charge on any atom is -0.494 e. The topological polar surface area (TPSA) is 60.7 Å². The van der Waals surface area contributed by atoms with Crippen LogP contribution in [0.15, 0.2) is 23.6 Å². The molecule has 2 aromatic heterocycles. The van der Waals surface area contributed by atoms with Crippen LogP contribution in [0.4, 0.5) is 26.3 Å². The van der Waals surface area contributed by atoms with Crippen LogP contribution < -0.4 is 9.47 Å². The fourth-order valence-electron chi connectivity index (χ4n) is 3.14. The number of aliphatic carboxylic acids is 1. The monoisotopic (exact) mass is 467 g/mol. The van der Waals surface area contributed by atoms with E-state index in [1.54, 1.807) is 11.5 Å². The highest BCUT2D eigenvalue weighted by Crippen LogP contribution is 2.39. The van der Waals surface area contributed by atoms with Crippen molar-refractivity contribution in [2.24, 2.45) is 0 Å². The Labute approximate surface area is 175 Å². The molecule has 1 N–H and O–H groups in total. The molecule has 5 nitrogen and oxygen atoms in total. The number of carboxylic acids is 1. The number of carboxylic acid groups (broad SMARTS) is 1. The third-order valence-electron chi connectivity index (χ3n) is 4.58. The summed E-state index contributed by atoms with van der Waals surface area (Å²) < 4.78 is 87.8. The standard InChI is InChI=1S/C19H15F6NO4S/c1-9-11(5-16(27)28)12-4-15(29-2)13(20)6-14(12)26(9)7-10-3-17(31-8-10)30-19(24,25)18(21,22)23/h3-4,6,8H,5,7H2,1-2H3,(H,27,28). The molecule has 0 spiro atoms. The summed E-state index contributed by atoms with van der Waals surface area (Å²) in [6.45, 7) is 1.56. The van der Waals surface area contributed by atoms with E-state index in [2.05, 4.69) is 4.74 Å².